The number of fused-ring (bicyclic) bond motifs is 4. The number of aromatic nitrogens is 1. The van der Waals surface area contributed by atoms with Gasteiger partial charge in [-0.15, -0.1) is 0 Å². The van der Waals surface area contributed by atoms with Gasteiger partial charge in [-0.05, 0) is 79.4 Å². The minimum atomic E-state index is -0.222. The molecule has 1 aromatic heterocycles. The van der Waals surface area contributed by atoms with Crippen LogP contribution >= 0.6 is 0 Å². The molecule has 0 atom stereocenters. The maximum absolute atomic E-state index is 7.88. The standard InChI is InChI=1S/C23H24BN3O/c1-23(2)17-8-7-13(11-18(17)24-28-23)22-15-6-4-3-5-14(15)21-16(12-25)19(26)9-10-20(21)27-22/h7-12,24-25H,3-6,26H2,1-2H3. The second-order valence-corrected chi connectivity index (χ2v) is 8.40. The van der Waals surface area contributed by atoms with Gasteiger partial charge in [0.1, 0.15) is 0 Å². The summed E-state index contributed by atoms with van der Waals surface area (Å²) < 4.78 is 5.97. The molecule has 2 aromatic carbocycles. The maximum atomic E-state index is 7.88. The van der Waals surface area contributed by atoms with Crippen LogP contribution in [0.5, 0.6) is 0 Å². The molecule has 0 radical (unpaired) electrons. The molecule has 5 heteroatoms. The Labute approximate surface area is 165 Å². The molecule has 2 aliphatic rings. The van der Waals surface area contributed by atoms with Gasteiger partial charge in [-0.25, -0.2) is 4.98 Å². The zero-order valence-corrected chi connectivity index (χ0v) is 16.4. The molecule has 0 amide bonds. The highest BCUT2D eigenvalue weighted by Crippen LogP contribution is 2.38. The van der Waals surface area contributed by atoms with Crippen LogP contribution in [0.15, 0.2) is 30.3 Å². The second-order valence-electron chi connectivity index (χ2n) is 8.40. The van der Waals surface area contributed by atoms with Crippen molar-refractivity contribution in [3.63, 3.8) is 0 Å². The lowest BCUT2D eigenvalue weighted by Gasteiger charge is -2.23. The molecule has 3 N–H and O–H groups in total. The van der Waals surface area contributed by atoms with Crippen LogP contribution in [0.2, 0.25) is 0 Å². The Morgan fingerprint density at radius 1 is 1.14 bits per heavy atom. The molecule has 3 aromatic rings. The predicted octanol–water partition coefficient (Wildman–Crippen LogP) is 3.60. The first-order valence-electron chi connectivity index (χ1n) is 10.0. The Hall–Kier alpha value is -2.66. The number of pyridine rings is 1. The van der Waals surface area contributed by atoms with Crippen molar-refractivity contribution in [3.05, 3.63) is 52.6 Å². The Morgan fingerprint density at radius 2 is 1.93 bits per heavy atom. The van der Waals surface area contributed by atoms with E-state index in [-0.39, 0.29) is 5.60 Å². The van der Waals surface area contributed by atoms with Crippen molar-refractivity contribution in [1.29, 1.82) is 5.41 Å². The van der Waals surface area contributed by atoms with Gasteiger partial charge in [0.05, 0.1) is 16.8 Å². The monoisotopic (exact) mass is 369 g/mol. The van der Waals surface area contributed by atoms with E-state index in [0.29, 0.717) is 13.2 Å². The summed E-state index contributed by atoms with van der Waals surface area (Å²) in [4.78, 5) is 5.07. The summed E-state index contributed by atoms with van der Waals surface area (Å²) in [5.74, 6) is 0. The van der Waals surface area contributed by atoms with Gasteiger partial charge in [-0.2, -0.15) is 0 Å². The smallest absolute Gasteiger partial charge is 0.310 e. The number of rotatable bonds is 2. The Bertz CT molecular complexity index is 1140. The molecular weight excluding hydrogens is 345 g/mol. The SMILES string of the molecule is CC1(C)OBc2cc(-c3nc4ccc(N)c(C=N)c4c4c3CCCC4)ccc21. The number of nitrogen functional groups attached to an aromatic ring is 1. The van der Waals surface area contributed by atoms with Crippen LogP contribution in [-0.4, -0.2) is 18.7 Å². The lowest BCUT2D eigenvalue weighted by Crippen LogP contribution is -2.16. The molecular formula is C23H24BN3O. The van der Waals surface area contributed by atoms with E-state index in [1.807, 2.05) is 12.1 Å². The summed E-state index contributed by atoms with van der Waals surface area (Å²) in [6.07, 6.45) is 5.77. The fraction of sp³-hybridized carbons (Fsp3) is 0.304. The van der Waals surface area contributed by atoms with E-state index in [4.69, 9.17) is 20.8 Å². The number of nitrogens with one attached hydrogen (secondary N) is 1. The molecule has 0 saturated heterocycles. The van der Waals surface area contributed by atoms with Crippen molar-refractivity contribution >= 4 is 35.8 Å². The molecule has 0 saturated carbocycles. The highest BCUT2D eigenvalue weighted by molar-refractivity contribution is 6.49. The fourth-order valence-electron chi connectivity index (χ4n) is 4.84. The van der Waals surface area contributed by atoms with Gasteiger partial charge in [-0.3, -0.25) is 0 Å². The molecule has 0 spiro atoms. The van der Waals surface area contributed by atoms with Crippen molar-refractivity contribution in [1.82, 2.24) is 4.98 Å². The number of nitrogens with two attached hydrogens (primary N) is 1. The van der Waals surface area contributed by atoms with Crippen LogP contribution < -0.4 is 11.2 Å². The number of anilines is 1. The summed E-state index contributed by atoms with van der Waals surface area (Å²) in [6, 6.07) is 10.5. The summed E-state index contributed by atoms with van der Waals surface area (Å²) in [6.45, 7) is 4.25. The summed E-state index contributed by atoms with van der Waals surface area (Å²) in [7, 11) is 0.653. The first kappa shape index (κ1) is 17.4. The lowest BCUT2D eigenvalue weighted by molar-refractivity contribution is 0.131. The first-order chi connectivity index (χ1) is 13.5. The summed E-state index contributed by atoms with van der Waals surface area (Å²) >= 11 is 0. The van der Waals surface area contributed by atoms with Gasteiger partial charge in [0, 0.05) is 22.9 Å². The van der Waals surface area contributed by atoms with Gasteiger partial charge >= 0.3 is 7.48 Å². The molecule has 1 aliphatic carbocycles. The highest BCUT2D eigenvalue weighted by Gasteiger charge is 2.32. The van der Waals surface area contributed by atoms with E-state index in [1.54, 1.807) is 0 Å². The van der Waals surface area contributed by atoms with Crippen LogP contribution in [0.4, 0.5) is 5.69 Å². The minimum Gasteiger partial charge on any atom is -0.426 e. The first-order valence-corrected chi connectivity index (χ1v) is 10.0. The minimum absolute atomic E-state index is 0.222. The molecule has 140 valence electrons. The van der Waals surface area contributed by atoms with Crippen molar-refractivity contribution in [3.8, 4) is 11.3 Å². The third-order valence-corrected chi connectivity index (χ3v) is 6.31. The summed E-state index contributed by atoms with van der Waals surface area (Å²) in [5, 5.41) is 8.94. The zero-order chi connectivity index (χ0) is 19.5. The van der Waals surface area contributed by atoms with E-state index in [0.717, 1.165) is 40.6 Å². The molecule has 0 unspecified atom stereocenters. The molecule has 2 heterocycles. The van der Waals surface area contributed by atoms with Crippen LogP contribution in [-0.2, 0) is 23.1 Å². The fourth-order valence-corrected chi connectivity index (χ4v) is 4.84. The van der Waals surface area contributed by atoms with Crippen LogP contribution in [0.25, 0.3) is 22.2 Å². The number of hydrogen-bond donors (Lipinski definition) is 2. The van der Waals surface area contributed by atoms with Crippen molar-refractivity contribution in [2.75, 3.05) is 5.73 Å². The highest BCUT2D eigenvalue weighted by atomic mass is 16.5. The Morgan fingerprint density at radius 3 is 2.71 bits per heavy atom. The number of aryl methyl sites for hydroxylation is 1. The van der Waals surface area contributed by atoms with Crippen molar-refractivity contribution in [2.24, 2.45) is 0 Å². The molecule has 0 bridgehead atoms. The van der Waals surface area contributed by atoms with Gasteiger partial charge in [0.2, 0.25) is 0 Å². The third-order valence-electron chi connectivity index (χ3n) is 6.31. The van der Waals surface area contributed by atoms with Gasteiger partial charge in [-0.1, -0.05) is 18.2 Å². The molecule has 28 heavy (non-hydrogen) atoms. The predicted molar refractivity (Wildman–Crippen MR) is 117 cm³/mol. The van der Waals surface area contributed by atoms with Crippen molar-refractivity contribution in [2.45, 2.75) is 45.1 Å². The van der Waals surface area contributed by atoms with Gasteiger partial charge < -0.3 is 15.8 Å². The third kappa shape index (κ3) is 2.50. The molecule has 4 nitrogen and oxygen atoms in total. The van der Waals surface area contributed by atoms with E-state index in [2.05, 4.69) is 32.0 Å². The Balaban J connectivity index is 1.78. The number of hydrogen-bond acceptors (Lipinski definition) is 4. The van der Waals surface area contributed by atoms with E-state index in [1.165, 1.54) is 41.2 Å². The number of nitrogens with zero attached hydrogens (tertiary/aromatic N) is 1. The van der Waals surface area contributed by atoms with Crippen LogP contribution in [0, 0.1) is 5.41 Å². The second kappa shape index (κ2) is 6.18. The van der Waals surface area contributed by atoms with E-state index < -0.39 is 0 Å². The van der Waals surface area contributed by atoms with Gasteiger partial charge in [0.25, 0.3) is 0 Å². The van der Waals surface area contributed by atoms with Crippen LogP contribution in [0.3, 0.4) is 0 Å². The van der Waals surface area contributed by atoms with E-state index >= 15 is 0 Å². The van der Waals surface area contributed by atoms with Crippen molar-refractivity contribution < 1.29 is 4.65 Å². The Kier molecular flexibility index (Phi) is 3.85. The molecule has 0 fully saturated rings. The zero-order valence-electron chi connectivity index (χ0n) is 16.4. The number of benzene rings is 2. The maximum Gasteiger partial charge on any atom is 0.310 e. The normalized spacial score (nSPS) is 17.1. The topological polar surface area (TPSA) is 72.0 Å². The lowest BCUT2D eigenvalue weighted by atomic mass is 9.81. The van der Waals surface area contributed by atoms with Crippen LogP contribution in [0.1, 0.15) is 48.9 Å². The molecule has 1 aliphatic heterocycles. The van der Waals surface area contributed by atoms with Gasteiger partial charge in [0.15, 0.2) is 0 Å². The largest absolute Gasteiger partial charge is 0.426 e. The average molecular weight is 369 g/mol. The molecule has 5 rings (SSSR count). The summed E-state index contributed by atoms with van der Waals surface area (Å²) in [5.41, 5.74) is 15.8. The van der Waals surface area contributed by atoms with E-state index in [9.17, 15) is 0 Å². The quantitative estimate of drug-likeness (QED) is 0.412. The average Bonchev–Trinajstić information content (AvgIpc) is 3.01.